The monoisotopic (exact) mass is 249 g/mol. The van der Waals surface area contributed by atoms with Crippen molar-refractivity contribution in [3.8, 4) is 11.8 Å². The summed E-state index contributed by atoms with van der Waals surface area (Å²) in [5.41, 5.74) is 0.289. The molecule has 7 heteroatoms. The van der Waals surface area contributed by atoms with Crippen molar-refractivity contribution >= 4 is 11.9 Å². The van der Waals surface area contributed by atoms with Gasteiger partial charge >= 0.3 is 5.97 Å². The Morgan fingerprint density at radius 2 is 2.28 bits per heavy atom. The molecule has 0 aliphatic carbocycles. The lowest BCUT2D eigenvalue weighted by Gasteiger charge is -2.08. The lowest BCUT2D eigenvalue weighted by molar-refractivity contribution is -0.122. The van der Waals surface area contributed by atoms with E-state index in [-0.39, 0.29) is 24.6 Å². The summed E-state index contributed by atoms with van der Waals surface area (Å²) in [7, 11) is 0. The molecule has 0 radical (unpaired) electrons. The van der Waals surface area contributed by atoms with Gasteiger partial charge in [0, 0.05) is 5.69 Å². The van der Waals surface area contributed by atoms with Crippen LogP contribution in [0.5, 0.6) is 5.75 Å². The molecule has 1 aromatic heterocycles. The summed E-state index contributed by atoms with van der Waals surface area (Å²) >= 11 is 0. The molecule has 0 unspecified atom stereocenters. The summed E-state index contributed by atoms with van der Waals surface area (Å²) in [6, 6.07) is 4.75. The fourth-order valence-corrected chi connectivity index (χ4v) is 1.15. The van der Waals surface area contributed by atoms with Crippen molar-refractivity contribution in [1.29, 1.82) is 5.26 Å². The van der Waals surface area contributed by atoms with Gasteiger partial charge < -0.3 is 15.2 Å². The van der Waals surface area contributed by atoms with E-state index in [1.807, 2.05) is 0 Å². The molecule has 1 aromatic rings. The highest BCUT2D eigenvalue weighted by Gasteiger charge is 2.14. The zero-order chi connectivity index (χ0) is 13.5. The number of hydrogen-bond donors (Lipinski definition) is 2. The van der Waals surface area contributed by atoms with Crippen molar-refractivity contribution in [3.05, 3.63) is 23.5 Å². The minimum absolute atomic E-state index is 0.0141. The molecule has 0 aliphatic heterocycles. The standard InChI is InChI=1S/C11H11N3O4/c1-7-2-3-8(10(14-7)11(16)17)18-6-9(15)13-5-4-12/h2-3H,5-6H2,1H3,(H,13,15)(H,16,17). The number of amides is 1. The zero-order valence-corrected chi connectivity index (χ0v) is 9.64. The van der Waals surface area contributed by atoms with Crippen LogP contribution in [0, 0.1) is 18.3 Å². The number of aromatic carboxylic acids is 1. The van der Waals surface area contributed by atoms with Gasteiger partial charge in [0.2, 0.25) is 0 Å². The third-order valence-corrected chi connectivity index (χ3v) is 1.92. The number of carbonyl (C=O) groups excluding carboxylic acids is 1. The van der Waals surface area contributed by atoms with Gasteiger partial charge in [-0.3, -0.25) is 4.79 Å². The molecular weight excluding hydrogens is 238 g/mol. The molecule has 1 rings (SSSR count). The number of carboxylic acids is 1. The van der Waals surface area contributed by atoms with E-state index in [4.69, 9.17) is 15.1 Å². The van der Waals surface area contributed by atoms with Crippen molar-refractivity contribution < 1.29 is 19.4 Å². The maximum absolute atomic E-state index is 11.2. The molecule has 0 spiro atoms. The van der Waals surface area contributed by atoms with Gasteiger partial charge in [-0.1, -0.05) is 0 Å². The third kappa shape index (κ3) is 3.75. The number of pyridine rings is 1. The van der Waals surface area contributed by atoms with E-state index in [0.29, 0.717) is 5.69 Å². The quantitative estimate of drug-likeness (QED) is 0.716. The van der Waals surface area contributed by atoms with Crippen LogP contribution in [0.3, 0.4) is 0 Å². The Morgan fingerprint density at radius 3 is 2.89 bits per heavy atom. The number of rotatable bonds is 5. The molecule has 0 aliphatic rings. The summed E-state index contributed by atoms with van der Waals surface area (Å²) in [5, 5.41) is 19.4. The number of aryl methyl sites for hydroxylation is 1. The van der Waals surface area contributed by atoms with Gasteiger partial charge in [0.25, 0.3) is 5.91 Å². The Bertz CT molecular complexity index is 508. The number of carbonyl (C=O) groups is 2. The lowest BCUT2D eigenvalue weighted by Crippen LogP contribution is -2.29. The van der Waals surface area contributed by atoms with Gasteiger partial charge in [-0.15, -0.1) is 0 Å². The average Bonchev–Trinajstić information content (AvgIpc) is 2.34. The molecule has 1 heterocycles. The number of nitrogens with zero attached hydrogens (tertiary/aromatic N) is 2. The van der Waals surface area contributed by atoms with Crippen LogP contribution in [0.25, 0.3) is 0 Å². The van der Waals surface area contributed by atoms with Crippen molar-refractivity contribution in [2.24, 2.45) is 0 Å². The first-order valence-electron chi connectivity index (χ1n) is 5.02. The van der Waals surface area contributed by atoms with Crippen molar-refractivity contribution in [2.75, 3.05) is 13.2 Å². The molecule has 18 heavy (non-hydrogen) atoms. The summed E-state index contributed by atoms with van der Waals surface area (Å²) in [5.74, 6) is -1.72. The van der Waals surface area contributed by atoms with Gasteiger partial charge in [-0.05, 0) is 19.1 Å². The third-order valence-electron chi connectivity index (χ3n) is 1.92. The van der Waals surface area contributed by atoms with Crippen LogP contribution in [0.1, 0.15) is 16.2 Å². The SMILES string of the molecule is Cc1ccc(OCC(=O)NCC#N)c(C(=O)O)n1. The molecular formula is C11H11N3O4. The number of aromatic nitrogens is 1. The van der Waals surface area contributed by atoms with E-state index in [0.717, 1.165) is 0 Å². The van der Waals surface area contributed by atoms with E-state index in [1.54, 1.807) is 19.1 Å². The number of nitriles is 1. The van der Waals surface area contributed by atoms with Crippen LogP contribution in [0.2, 0.25) is 0 Å². The van der Waals surface area contributed by atoms with Crippen molar-refractivity contribution in [1.82, 2.24) is 10.3 Å². The smallest absolute Gasteiger partial charge is 0.358 e. The maximum atomic E-state index is 11.2. The topological polar surface area (TPSA) is 112 Å². The highest BCUT2D eigenvalue weighted by atomic mass is 16.5. The molecule has 0 bridgehead atoms. The Hall–Kier alpha value is -2.62. The fraction of sp³-hybridized carbons (Fsp3) is 0.273. The predicted molar refractivity (Wildman–Crippen MR) is 60.1 cm³/mol. The van der Waals surface area contributed by atoms with E-state index >= 15 is 0 Å². The molecule has 0 fully saturated rings. The summed E-state index contributed by atoms with van der Waals surface area (Å²) in [4.78, 5) is 25.9. The molecule has 0 saturated carbocycles. The summed E-state index contributed by atoms with van der Waals surface area (Å²) in [6.45, 7) is 1.16. The second kappa shape index (κ2) is 6.20. The zero-order valence-electron chi connectivity index (χ0n) is 9.64. The van der Waals surface area contributed by atoms with Crippen LogP contribution in [0.15, 0.2) is 12.1 Å². The summed E-state index contributed by atoms with van der Waals surface area (Å²) in [6.07, 6.45) is 0. The molecule has 1 amide bonds. The second-order valence-electron chi connectivity index (χ2n) is 3.33. The van der Waals surface area contributed by atoms with Gasteiger partial charge in [-0.25, -0.2) is 9.78 Å². The van der Waals surface area contributed by atoms with Crippen molar-refractivity contribution in [3.63, 3.8) is 0 Å². The van der Waals surface area contributed by atoms with Gasteiger partial charge in [-0.2, -0.15) is 5.26 Å². The number of ether oxygens (including phenoxy) is 1. The Kier molecular flexibility index (Phi) is 4.63. The minimum atomic E-state index is -1.23. The maximum Gasteiger partial charge on any atom is 0.358 e. The van der Waals surface area contributed by atoms with Crippen LogP contribution in [-0.4, -0.2) is 35.1 Å². The molecule has 7 nitrogen and oxygen atoms in total. The highest BCUT2D eigenvalue weighted by molar-refractivity contribution is 5.88. The highest BCUT2D eigenvalue weighted by Crippen LogP contribution is 2.16. The molecule has 0 aromatic carbocycles. The Labute approximate surface area is 103 Å². The minimum Gasteiger partial charge on any atom is -0.481 e. The lowest BCUT2D eigenvalue weighted by atomic mass is 10.3. The van der Waals surface area contributed by atoms with E-state index < -0.39 is 11.9 Å². The van der Waals surface area contributed by atoms with Crippen LogP contribution in [0.4, 0.5) is 0 Å². The second-order valence-corrected chi connectivity index (χ2v) is 3.33. The molecule has 0 saturated heterocycles. The van der Waals surface area contributed by atoms with E-state index in [9.17, 15) is 9.59 Å². The number of nitrogens with one attached hydrogen (secondary N) is 1. The number of carboxylic acid groups (broad SMARTS) is 1. The van der Waals surface area contributed by atoms with Gasteiger partial charge in [0.15, 0.2) is 18.1 Å². The normalized spacial score (nSPS) is 9.33. The molecule has 2 N–H and O–H groups in total. The van der Waals surface area contributed by atoms with Crippen LogP contribution in [-0.2, 0) is 4.79 Å². The first-order valence-corrected chi connectivity index (χ1v) is 5.02. The van der Waals surface area contributed by atoms with Gasteiger partial charge in [0.05, 0.1) is 6.07 Å². The van der Waals surface area contributed by atoms with Gasteiger partial charge in [0.1, 0.15) is 6.54 Å². The van der Waals surface area contributed by atoms with E-state index in [1.165, 1.54) is 6.07 Å². The van der Waals surface area contributed by atoms with Crippen LogP contribution >= 0.6 is 0 Å². The summed E-state index contributed by atoms with van der Waals surface area (Å²) < 4.78 is 5.05. The first-order chi connectivity index (χ1) is 8.54. The van der Waals surface area contributed by atoms with E-state index in [2.05, 4.69) is 10.3 Å². The largest absolute Gasteiger partial charge is 0.481 e. The van der Waals surface area contributed by atoms with Crippen LogP contribution < -0.4 is 10.1 Å². The fourth-order valence-electron chi connectivity index (χ4n) is 1.15. The Morgan fingerprint density at radius 1 is 1.56 bits per heavy atom. The Balaban J connectivity index is 2.70. The van der Waals surface area contributed by atoms with Crippen molar-refractivity contribution in [2.45, 2.75) is 6.92 Å². The first kappa shape index (κ1) is 13.4. The number of hydrogen-bond acceptors (Lipinski definition) is 5. The molecule has 0 atom stereocenters. The molecule has 94 valence electrons. The predicted octanol–water partition coefficient (Wildman–Crippen LogP) is 0.107. The average molecular weight is 249 g/mol.